The number of amides is 2. The van der Waals surface area contributed by atoms with E-state index in [9.17, 15) is 9.59 Å². The highest BCUT2D eigenvalue weighted by Gasteiger charge is 2.12. The summed E-state index contributed by atoms with van der Waals surface area (Å²) >= 11 is 0. The molecule has 0 unspecified atom stereocenters. The van der Waals surface area contributed by atoms with Gasteiger partial charge in [0, 0.05) is 30.9 Å². The molecular formula is C22H24N4O4. The van der Waals surface area contributed by atoms with Crippen LogP contribution in [0, 0.1) is 13.8 Å². The number of hydrazine groups is 1. The number of anilines is 1. The molecule has 0 radical (unpaired) electrons. The molecule has 2 aromatic carbocycles. The Bertz CT molecular complexity index is 1040. The van der Waals surface area contributed by atoms with Crippen LogP contribution in [0.25, 0.3) is 0 Å². The van der Waals surface area contributed by atoms with Gasteiger partial charge in [0.1, 0.15) is 18.1 Å². The number of nitrogens with zero attached hydrogens (tertiary/aromatic N) is 2. The summed E-state index contributed by atoms with van der Waals surface area (Å²) in [5.41, 5.74) is 8.18. The van der Waals surface area contributed by atoms with Crippen LogP contribution in [0.3, 0.4) is 0 Å². The summed E-state index contributed by atoms with van der Waals surface area (Å²) < 4.78 is 10.9. The van der Waals surface area contributed by atoms with E-state index < -0.39 is 11.8 Å². The van der Waals surface area contributed by atoms with Crippen LogP contribution in [0.1, 0.15) is 37.7 Å². The van der Waals surface area contributed by atoms with Gasteiger partial charge in [0.15, 0.2) is 0 Å². The Kier molecular flexibility index (Phi) is 6.36. The Morgan fingerprint density at radius 3 is 2.23 bits per heavy atom. The summed E-state index contributed by atoms with van der Waals surface area (Å²) in [6.07, 6.45) is 0. The summed E-state index contributed by atoms with van der Waals surface area (Å²) in [4.78, 5) is 26.7. The van der Waals surface area contributed by atoms with Crippen LogP contribution in [-0.2, 0) is 6.61 Å². The van der Waals surface area contributed by atoms with Crippen molar-refractivity contribution in [3.8, 4) is 5.75 Å². The standard InChI is InChI=1S/C22H24N4O4/c1-14-20(15(2)30-25-14)13-29-19-10-6-8-17(12-19)22(28)24-23-21(27)16-7-5-9-18(11-16)26(3)4/h5-12H,13H2,1-4H3,(H,23,27)(H,24,28). The first-order valence-electron chi connectivity index (χ1n) is 9.38. The molecule has 0 atom stereocenters. The van der Waals surface area contributed by atoms with Crippen molar-refractivity contribution in [2.24, 2.45) is 0 Å². The maximum absolute atomic E-state index is 12.4. The lowest BCUT2D eigenvalue weighted by molar-refractivity contribution is 0.0846. The maximum atomic E-state index is 12.4. The van der Waals surface area contributed by atoms with Crippen LogP contribution in [0.4, 0.5) is 5.69 Å². The Morgan fingerprint density at radius 2 is 1.63 bits per heavy atom. The van der Waals surface area contributed by atoms with E-state index in [0.29, 0.717) is 22.6 Å². The predicted octanol–water partition coefficient (Wildman–Crippen LogP) is 3.01. The molecule has 8 nitrogen and oxygen atoms in total. The number of hydrogen-bond acceptors (Lipinski definition) is 6. The lowest BCUT2D eigenvalue weighted by atomic mass is 10.2. The lowest BCUT2D eigenvalue weighted by Gasteiger charge is -2.14. The Balaban J connectivity index is 1.60. The van der Waals surface area contributed by atoms with Crippen molar-refractivity contribution < 1.29 is 18.8 Å². The van der Waals surface area contributed by atoms with E-state index in [4.69, 9.17) is 9.26 Å². The second kappa shape index (κ2) is 9.13. The zero-order valence-electron chi connectivity index (χ0n) is 17.4. The molecule has 0 aliphatic heterocycles. The van der Waals surface area contributed by atoms with Gasteiger partial charge in [0.2, 0.25) is 0 Å². The molecule has 156 valence electrons. The molecule has 30 heavy (non-hydrogen) atoms. The first kappa shape index (κ1) is 20.9. The van der Waals surface area contributed by atoms with Crippen molar-refractivity contribution in [1.82, 2.24) is 16.0 Å². The minimum atomic E-state index is -0.449. The molecule has 0 bridgehead atoms. The fourth-order valence-corrected chi connectivity index (χ4v) is 2.77. The molecule has 0 fully saturated rings. The Morgan fingerprint density at radius 1 is 1.00 bits per heavy atom. The van der Waals surface area contributed by atoms with Crippen molar-refractivity contribution in [1.29, 1.82) is 0 Å². The van der Waals surface area contributed by atoms with E-state index in [-0.39, 0.29) is 6.61 Å². The maximum Gasteiger partial charge on any atom is 0.269 e. The second-order valence-electron chi connectivity index (χ2n) is 6.97. The summed E-state index contributed by atoms with van der Waals surface area (Å²) in [6.45, 7) is 3.95. The van der Waals surface area contributed by atoms with Gasteiger partial charge in [-0.2, -0.15) is 0 Å². The topological polar surface area (TPSA) is 96.7 Å². The molecule has 8 heteroatoms. The van der Waals surface area contributed by atoms with E-state index in [1.165, 1.54) is 0 Å². The van der Waals surface area contributed by atoms with Crippen molar-refractivity contribution >= 4 is 17.5 Å². The van der Waals surface area contributed by atoms with Gasteiger partial charge < -0.3 is 14.2 Å². The third-order valence-electron chi connectivity index (χ3n) is 4.57. The smallest absolute Gasteiger partial charge is 0.269 e. The summed E-state index contributed by atoms with van der Waals surface area (Å²) in [5, 5.41) is 3.89. The van der Waals surface area contributed by atoms with Gasteiger partial charge in [-0.25, -0.2) is 0 Å². The van der Waals surface area contributed by atoms with Crippen molar-refractivity contribution in [3.63, 3.8) is 0 Å². The molecule has 1 heterocycles. The zero-order chi connectivity index (χ0) is 21.7. The van der Waals surface area contributed by atoms with Gasteiger partial charge in [-0.3, -0.25) is 20.4 Å². The number of hydrogen-bond donors (Lipinski definition) is 2. The summed E-state index contributed by atoms with van der Waals surface area (Å²) in [5.74, 6) is 0.364. The van der Waals surface area contributed by atoms with E-state index in [0.717, 1.165) is 16.9 Å². The monoisotopic (exact) mass is 408 g/mol. The van der Waals surface area contributed by atoms with Gasteiger partial charge in [-0.15, -0.1) is 0 Å². The zero-order valence-corrected chi connectivity index (χ0v) is 17.4. The molecule has 3 aromatic rings. The highest BCUT2D eigenvalue weighted by atomic mass is 16.5. The minimum absolute atomic E-state index is 0.283. The van der Waals surface area contributed by atoms with Crippen LogP contribution in [-0.4, -0.2) is 31.1 Å². The molecule has 0 saturated heterocycles. The Hall–Kier alpha value is -3.81. The molecule has 0 aliphatic carbocycles. The number of ether oxygens (including phenoxy) is 1. The molecule has 3 rings (SSSR count). The van der Waals surface area contributed by atoms with Gasteiger partial charge in [-0.05, 0) is 50.2 Å². The number of rotatable bonds is 6. The number of aromatic nitrogens is 1. The van der Waals surface area contributed by atoms with E-state index in [1.807, 2.05) is 38.9 Å². The normalized spacial score (nSPS) is 10.4. The van der Waals surface area contributed by atoms with E-state index >= 15 is 0 Å². The van der Waals surface area contributed by atoms with Crippen LogP contribution >= 0.6 is 0 Å². The van der Waals surface area contributed by atoms with Crippen LogP contribution in [0.5, 0.6) is 5.75 Å². The molecule has 2 N–H and O–H groups in total. The summed E-state index contributed by atoms with van der Waals surface area (Å²) in [7, 11) is 3.78. The quantitative estimate of drug-likeness (QED) is 0.609. The molecule has 0 aliphatic rings. The van der Waals surface area contributed by atoms with Crippen LogP contribution < -0.4 is 20.5 Å². The molecule has 2 amide bonds. The van der Waals surface area contributed by atoms with Gasteiger partial charge in [0.25, 0.3) is 11.8 Å². The summed E-state index contributed by atoms with van der Waals surface area (Å²) in [6, 6.07) is 13.8. The van der Waals surface area contributed by atoms with Crippen LogP contribution in [0.15, 0.2) is 53.1 Å². The molecule has 0 spiro atoms. The van der Waals surface area contributed by atoms with Crippen molar-refractivity contribution in [3.05, 3.63) is 76.7 Å². The molecule has 0 saturated carbocycles. The van der Waals surface area contributed by atoms with Gasteiger partial charge in [0.05, 0.1) is 11.3 Å². The van der Waals surface area contributed by atoms with Crippen molar-refractivity contribution in [2.75, 3.05) is 19.0 Å². The average Bonchev–Trinajstić information content (AvgIpc) is 3.07. The second-order valence-corrected chi connectivity index (χ2v) is 6.97. The highest BCUT2D eigenvalue weighted by Crippen LogP contribution is 2.18. The number of carbonyl (C=O) groups is 2. The number of benzene rings is 2. The number of carbonyl (C=O) groups excluding carboxylic acids is 2. The third-order valence-corrected chi connectivity index (χ3v) is 4.57. The number of nitrogens with one attached hydrogen (secondary N) is 2. The fraction of sp³-hybridized carbons (Fsp3) is 0.227. The Labute approximate surface area is 174 Å². The van der Waals surface area contributed by atoms with E-state index in [1.54, 1.807) is 42.5 Å². The highest BCUT2D eigenvalue weighted by molar-refractivity contribution is 5.99. The van der Waals surface area contributed by atoms with E-state index in [2.05, 4.69) is 16.0 Å². The molecule has 1 aromatic heterocycles. The largest absolute Gasteiger partial charge is 0.489 e. The van der Waals surface area contributed by atoms with Gasteiger partial charge >= 0.3 is 0 Å². The van der Waals surface area contributed by atoms with Crippen molar-refractivity contribution in [2.45, 2.75) is 20.5 Å². The minimum Gasteiger partial charge on any atom is -0.489 e. The lowest BCUT2D eigenvalue weighted by Crippen LogP contribution is -2.41. The van der Waals surface area contributed by atoms with Crippen LogP contribution in [0.2, 0.25) is 0 Å². The SMILES string of the molecule is Cc1noc(C)c1COc1cccc(C(=O)NNC(=O)c2cccc(N(C)C)c2)c1. The third kappa shape index (κ3) is 4.96. The number of aryl methyl sites for hydroxylation is 2. The molecular weight excluding hydrogens is 384 g/mol. The van der Waals surface area contributed by atoms with Gasteiger partial charge in [-0.1, -0.05) is 17.3 Å². The first-order valence-corrected chi connectivity index (χ1v) is 9.38. The fourth-order valence-electron chi connectivity index (χ4n) is 2.77. The predicted molar refractivity (Wildman–Crippen MR) is 112 cm³/mol. The average molecular weight is 408 g/mol. The first-order chi connectivity index (χ1) is 14.3.